The first-order valence-electron chi connectivity index (χ1n) is 2.86. The summed E-state index contributed by atoms with van der Waals surface area (Å²) in [5.41, 5.74) is 0.525. The van der Waals surface area contributed by atoms with Crippen molar-refractivity contribution in [2.24, 2.45) is 5.92 Å². The monoisotopic (exact) mass is 145 g/mol. The van der Waals surface area contributed by atoms with Crippen LogP contribution >= 0.6 is 0 Å². The summed E-state index contributed by atoms with van der Waals surface area (Å²) in [4.78, 5) is 10.6. The number of methoxy groups -OCH3 is 1. The van der Waals surface area contributed by atoms with Crippen LogP contribution < -0.4 is 6.15 Å². The van der Waals surface area contributed by atoms with Gasteiger partial charge in [-0.25, -0.2) is 4.79 Å². The number of esters is 1. The highest BCUT2D eigenvalue weighted by atomic mass is 16.5. The average molecular weight is 145 g/mol. The lowest BCUT2D eigenvalue weighted by Gasteiger charge is -2.04. The van der Waals surface area contributed by atoms with Crippen LogP contribution in [0.5, 0.6) is 0 Å². The zero-order valence-electron chi connectivity index (χ0n) is 6.81. The second-order valence-electron chi connectivity index (χ2n) is 2.17. The molecule has 0 spiro atoms. The van der Waals surface area contributed by atoms with Crippen molar-refractivity contribution in [3.63, 3.8) is 0 Å². The molecule has 0 rings (SSSR count). The largest absolute Gasteiger partial charge is 0.466 e. The van der Waals surface area contributed by atoms with E-state index in [1.807, 2.05) is 13.8 Å². The Morgan fingerprint density at radius 2 is 1.90 bits per heavy atom. The van der Waals surface area contributed by atoms with E-state index < -0.39 is 0 Å². The summed E-state index contributed by atoms with van der Waals surface area (Å²) in [5, 5.41) is 0. The number of carbonyl (C=O) groups excluding carboxylic acids is 1. The molecule has 0 heterocycles. The molecule has 0 aliphatic rings. The number of hydrogen-bond donors (Lipinski definition) is 1. The fourth-order valence-electron chi connectivity index (χ4n) is 0.367. The van der Waals surface area contributed by atoms with Gasteiger partial charge in [0.1, 0.15) is 0 Å². The second kappa shape index (κ2) is 4.99. The Hall–Kier alpha value is -0.830. The standard InChI is InChI=1S/C7H12O2.H3N/c1-5(2)6(3)7(8)9-4;/h5H,3H2,1-2,4H3;1H3. The zero-order chi connectivity index (χ0) is 7.44. The van der Waals surface area contributed by atoms with Crippen molar-refractivity contribution in [1.82, 2.24) is 6.15 Å². The topological polar surface area (TPSA) is 61.3 Å². The third-order valence-corrected chi connectivity index (χ3v) is 1.14. The minimum absolute atomic E-state index is 0. The Bertz CT molecular complexity index is 130. The quantitative estimate of drug-likeness (QED) is 0.473. The molecule has 3 heteroatoms. The molecule has 0 aliphatic carbocycles. The van der Waals surface area contributed by atoms with Gasteiger partial charge in [-0.3, -0.25) is 0 Å². The molecule has 0 saturated carbocycles. The fourth-order valence-corrected chi connectivity index (χ4v) is 0.367. The van der Waals surface area contributed by atoms with Crippen LogP contribution in [0.3, 0.4) is 0 Å². The predicted molar refractivity (Wildman–Crippen MR) is 41.0 cm³/mol. The number of carbonyl (C=O) groups is 1. The molecule has 0 aromatic carbocycles. The molecule has 0 atom stereocenters. The molecule has 0 aliphatic heterocycles. The molecular weight excluding hydrogens is 130 g/mol. The number of ether oxygens (including phenoxy) is 1. The van der Waals surface area contributed by atoms with E-state index in [0.29, 0.717) is 5.57 Å². The molecule has 0 amide bonds. The van der Waals surface area contributed by atoms with Gasteiger partial charge in [-0.15, -0.1) is 0 Å². The molecule has 0 aromatic rings. The van der Waals surface area contributed by atoms with Crippen molar-refractivity contribution in [2.75, 3.05) is 7.11 Å². The van der Waals surface area contributed by atoms with Crippen LogP contribution in [0.4, 0.5) is 0 Å². The molecular formula is C7H15NO2. The first-order valence-corrected chi connectivity index (χ1v) is 2.86. The van der Waals surface area contributed by atoms with Gasteiger partial charge >= 0.3 is 5.97 Å². The maximum absolute atomic E-state index is 10.6. The first-order chi connectivity index (χ1) is 4.09. The summed E-state index contributed by atoms with van der Waals surface area (Å²) in [6.07, 6.45) is 0. The van der Waals surface area contributed by atoms with Crippen LogP contribution in [-0.2, 0) is 9.53 Å². The highest BCUT2D eigenvalue weighted by Gasteiger charge is 2.09. The molecule has 0 saturated heterocycles. The van der Waals surface area contributed by atoms with Crippen molar-refractivity contribution in [2.45, 2.75) is 13.8 Å². The van der Waals surface area contributed by atoms with Crippen LogP contribution in [0.2, 0.25) is 0 Å². The summed E-state index contributed by atoms with van der Waals surface area (Å²) in [7, 11) is 1.36. The summed E-state index contributed by atoms with van der Waals surface area (Å²) in [6.45, 7) is 7.35. The molecule has 0 bridgehead atoms. The molecule has 60 valence electrons. The maximum atomic E-state index is 10.6. The third kappa shape index (κ3) is 3.25. The van der Waals surface area contributed by atoms with Gasteiger partial charge in [0.05, 0.1) is 7.11 Å². The van der Waals surface area contributed by atoms with Crippen molar-refractivity contribution < 1.29 is 9.53 Å². The van der Waals surface area contributed by atoms with Crippen LogP contribution in [0.15, 0.2) is 12.2 Å². The van der Waals surface area contributed by atoms with Crippen LogP contribution in [-0.4, -0.2) is 13.1 Å². The van der Waals surface area contributed by atoms with Crippen molar-refractivity contribution in [3.8, 4) is 0 Å². The van der Waals surface area contributed by atoms with E-state index in [-0.39, 0.29) is 18.0 Å². The van der Waals surface area contributed by atoms with E-state index in [2.05, 4.69) is 11.3 Å². The Morgan fingerprint density at radius 1 is 1.50 bits per heavy atom. The van der Waals surface area contributed by atoms with E-state index in [0.717, 1.165) is 0 Å². The SMILES string of the molecule is C=C(C(=O)OC)C(C)C.N. The minimum atomic E-state index is -0.315. The molecule has 0 unspecified atom stereocenters. The third-order valence-electron chi connectivity index (χ3n) is 1.14. The smallest absolute Gasteiger partial charge is 0.333 e. The highest BCUT2D eigenvalue weighted by molar-refractivity contribution is 5.87. The first kappa shape index (κ1) is 11.9. The summed E-state index contributed by atoms with van der Waals surface area (Å²) < 4.78 is 4.43. The Morgan fingerprint density at radius 3 is 2.00 bits per heavy atom. The lowest BCUT2D eigenvalue weighted by molar-refractivity contribution is -0.136. The van der Waals surface area contributed by atoms with Crippen LogP contribution in [0.1, 0.15) is 13.8 Å². The van der Waals surface area contributed by atoms with Crippen molar-refractivity contribution >= 4 is 5.97 Å². The molecule has 0 radical (unpaired) electrons. The lowest BCUT2D eigenvalue weighted by Crippen LogP contribution is -2.08. The number of rotatable bonds is 2. The second-order valence-corrected chi connectivity index (χ2v) is 2.17. The summed E-state index contributed by atoms with van der Waals surface area (Å²) in [6, 6.07) is 0. The van der Waals surface area contributed by atoms with Gasteiger partial charge in [-0.1, -0.05) is 20.4 Å². The molecule has 3 N–H and O–H groups in total. The van der Waals surface area contributed by atoms with Gasteiger partial charge in [0.25, 0.3) is 0 Å². The summed E-state index contributed by atoms with van der Waals surface area (Å²) >= 11 is 0. The molecule has 0 fully saturated rings. The van der Waals surface area contributed by atoms with E-state index in [4.69, 9.17) is 0 Å². The molecule has 10 heavy (non-hydrogen) atoms. The summed E-state index contributed by atoms with van der Waals surface area (Å²) in [5.74, 6) is -0.137. The normalized spacial score (nSPS) is 8.40. The highest BCUT2D eigenvalue weighted by Crippen LogP contribution is 2.06. The van der Waals surface area contributed by atoms with Gasteiger partial charge in [-0.05, 0) is 5.92 Å². The van der Waals surface area contributed by atoms with Gasteiger partial charge < -0.3 is 10.9 Å². The van der Waals surface area contributed by atoms with E-state index >= 15 is 0 Å². The maximum Gasteiger partial charge on any atom is 0.333 e. The van der Waals surface area contributed by atoms with Crippen LogP contribution in [0.25, 0.3) is 0 Å². The van der Waals surface area contributed by atoms with E-state index in [1.165, 1.54) is 7.11 Å². The zero-order valence-corrected chi connectivity index (χ0v) is 6.81. The Balaban J connectivity index is 0. The van der Waals surface area contributed by atoms with Gasteiger partial charge in [0.15, 0.2) is 0 Å². The van der Waals surface area contributed by atoms with Gasteiger partial charge in [0.2, 0.25) is 0 Å². The lowest BCUT2D eigenvalue weighted by atomic mass is 10.1. The average Bonchev–Trinajstić information content (AvgIpc) is 1.84. The van der Waals surface area contributed by atoms with Crippen molar-refractivity contribution in [1.29, 1.82) is 0 Å². The minimum Gasteiger partial charge on any atom is -0.466 e. The molecule has 3 nitrogen and oxygen atoms in total. The number of hydrogen-bond acceptors (Lipinski definition) is 3. The fraction of sp³-hybridized carbons (Fsp3) is 0.571. The Labute approximate surface area is 61.7 Å². The van der Waals surface area contributed by atoms with E-state index in [9.17, 15) is 4.79 Å². The van der Waals surface area contributed by atoms with Crippen LogP contribution in [0, 0.1) is 5.92 Å². The van der Waals surface area contributed by atoms with E-state index in [1.54, 1.807) is 0 Å². The molecule has 0 aromatic heterocycles. The predicted octanol–water partition coefficient (Wildman–Crippen LogP) is 1.53. The van der Waals surface area contributed by atoms with Gasteiger partial charge in [-0.2, -0.15) is 0 Å². The van der Waals surface area contributed by atoms with Crippen molar-refractivity contribution in [3.05, 3.63) is 12.2 Å². The Kier molecular flexibility index (Phi) is 5.95. The van der Waals surface area contributed by atoms with Gasteiger partial charge in [0, 0.05) is 5.57 Å².